The molecule has 120 valence electrons. The van der Waals surface area contributed by atoms with Crippen LogP contribution in [0, 0.1) is 0 Å². The van der Waals surface area contributed by atoms with Crippen LogP contribution in [0.25, 0.3) is 0 Å². The number of esters is 1. The van der Waals surface area contributed by atoms with E-state index < -0.39 is 5.97 Å². The van der Waals surface area contributed by atoms with Gasteiger partial charge in [-0.2, -0.15) is 0 Å². The summed E-state index contributed by atoms with van der Waals surface area (Å²) in [5.41, 5.74) is 2.79. The van der Waals surface area contributed by atoms with Gasteiger partial charge in [-0.15, -0.1) is 0 Å². The molecule has 0 aliphatic rings. The summed E-state index contributed by atoms with van der Waals surface area (Å²) in [6.45, 7) is 2.16. The van der Waals surface area contributed by atoms with E-state index in [-0.39, 0.29) is 5.91 Å². The zero-order valence-corrected chi connectivity index (χ0v) is 13.5. The summed E-state index contributed by atoms with van der Waals surface area (Å²) in [4.78, 5) is 23.8. The van der Waals surface area contributed by atoms with E-state index in [1.165, 1.54) is 12.7 Å². The largest absolute Gasteiger partial charge is 0.465 e. The van der Waals surface area contributed by atoms with Crippen LogP contribution in [0.1, 0.15) is 46.0 Å². The minimum Gasteiger partial charge on any atom is -0.465 e. The van der Waals surface area contributed by atoms with Crippen LogP contribution in [-0.4, -0.2) is 19.0 Å². The van der Waals surface area contributed by atoms with E-state index in [2.05, 4.69) is 17.0 Å². The van der Waals surface area contributed by atoms with Crippen molar-refractivity contribution < 1.29 is 14.3 Å². The highest BCUT2D eigenvalue weighted by atomic mass is 16.5. The van der Waals surface area contributed by atoms with Gasteiger partial charge in [0.25, 0.3) is 5.91 Å². The van der Waals surface area contributed by atoms with Crippen LogP contribution in [0.2, 0.25) is 0 Å². The molecule has 0 heterocycles. The quantitative estimate of drug-likeness (QED) is 0.818. The maximum absolute atomic E-state index is 12.3. The summed E-state index contributed by atoms with van der Waals surface area (Å²) >= 11 is 0. The first-order chi connectivity index (χ1) is 11.1. The minimum atomic E-state index is -0.429. The van der Waals surface area contributed by atoms with Crippen molar-refractivity contribution in [3.63, 3.8) is 0 Å². The van der Waals surface area contributed by atoms with Crippen LogP contribution in [0.4, 0.5) is 5.69 Å². The monoisotopic (exact) mass is 311 g/mol. The van der Waals surface area contributed by atoms with Crippen LogP contribution in [0.15, 0.2) is 48.5 Å². The van der Waals surface area contributed by atoms with Crippen molar-refractivity contribution in [2.45, 2.75) is 26.2 Å². The lowest BCUT2D eigenvalue weighted by molar-refractivity contribution is 0.0600. The summed E-state index contributed by atoms with van der Waals surface area (Å²) in [6.07, 6.45) is 3.32. The minimum absolute atomic E-state index is 0.200. The Morgan fingerprint density at radius 2 is 1.78 bits per heavy atom. The Labute approximate surface area is 136 Å². The second kappa shape index (κ2) is 8.13. The highest BCUT2D eigenvalue weighted by molar-refractivity contribution is 6.04. The standard InChI is InChI=1S/C19H21NO3/c1-3-4-6-14-9-11-15(12-10-14)18(21)20-17-8-5-7-16(13-17)19(22)23-2/h5,7-13H,3-4,6H2,1-2H3,(H,20,21). The number of rotatable bonds is 6. The number of hydrogen-bond donors (Lipinski definition) is 1. The number of nitrogens with one attached hydrogen (secondary N) is 1. The van der Waals surface area contributed by atoms with E-state index in [1.807, 2.05) is 24.3 Å². The van der Waals surface area contributed by atoms with Crippen LogP contribution in [0.3, 0.4) is 0 Å². The second-order valence-electron chi connectivity index (χ2n) is 5.33. The van der Waals surface area contributed by atoms with Gasteiger partial charge in [-0.3, -0.25) is 4.79 Å². The number of methoxy groups -OCH3 is 1. The Kier molecular flexibility index (Phi) is 5.92. The molecule has 0 saturated carbocycles. The fourth-order valence-electron chi connectivity index (χ4n) is 2.25. The summed E-state index contributed by atoms with van der Waals surface area (Å²) in [7, 11) is 1.33. The topological polar surface area (TPSA) is 55.4 Å². The molecule has 0 saturated heterocycles. The third kappa shape index (κ3) is 4.68. The average Bonchev–Trinajstić information content (AvgIpc) is 2.59. The van der Waals surface area contributed by atoms with E-state index in [0.717, 1.165) is 19.3 Å². The predicted molar refractivity (Wildman–Crippen MR) is 90.8 cm³/mol. The molecule has 23 heavy (non-hydrogen) atoms. The van der Waals surface area contributed by atoms with Crippen LogP contribution < -0.4 is 5.32 Å². The fourth-order valence-corrected chi connectivity index (χ4v) is 2.25. The molecule has 0 spiro atoms. The molecule has 0 aliphatic heterocycles. The summed E-state index contributed by atoms with van der Waals surface area (Å²) < 4.78 is 4.67. The van der Waals surface area contributed by atoms with Gasteiger partial charge in [0.05, 0.1) is 12.7 Å². The van der Waals surface area contributed by atoms with Crippen LogP contribution in [-0.2, 0) is 11.2 Å². The molecule has 0 unspecified atom stereocenters. The molecule has 0 aliphatic carbocycles. The van der Waals surface area contributed by atoms with Crippen molar-refractivity contribution >= 4 is 17.6 Å². The normalized spacial score (nSPS) is 10.2. The Morgan fingerprint density at radius 3 is 2.43 bits per heavy atom. The number of aryl methyl sites for hydroxylation is 1. The zero-order chi connectivity index (χ0) is 16.7. The second-order valence-corrected chi connectivity index (χ2v) is 5.33. The van der Waals surface area contributed by atoms with Crippen molar-refractivity contribution in [1.82, 2.24) is 0 Å². The lowest BCUT2D eigenvalue weighted by Crippen LogP contribution is -2.12. The number of amides is 1. The van der Waals surface area contributed by atoms with Gasteiger partial charge in [-0.05, 0) is 48.7 Å². The molecule has 0 aromatic heterocycles. The molecule has 0 atom stereocenters. The molecule has 2 rings (SSSR count). The van der Waals surface area contributed by atoms with Gasteiger partial charge >= 0.3 is 5.97 Å². The zero-order valence-electron chi connectivity index (χ0n) is 13.5. The Balaban J connectivity index is 2.05. The van der Waals surface area contributed by atoms with Gasteiger partial charge < -0.3 is 10.1 Å². The van der Waals surface area contributed by atoms with E-state index in [4.69, 9.17) is 0 Å². The van der Waals surface area contributed by atoms with Gasteiger partial charge in [0.1, 0.15) is 0 Å². The molecule has 0 fully saturated rings. The summed E-state index contributed by atoms with van der Waals surface area (Å²) in [5, 5.41) is 2.79. The summed E-state index contributed by atoms with van der Waals surface area (Å²) in [6, 6.07) is 14.3. The highest BCUT2D eigenvalue weighted by Crippen LogP contribution is 2.14. The van der Waals surface area contributed by atoms with E-state index in [9.17, 15) is 9.59 Å². The van der Waals surface area contributed by atoms with Crippen molar-refractivity contribution in [2.24, 2.45) is 0 Å². The summed E-state index contributed by atoms with van der Waals surface area (Å²) in [5.74, 6) is -0.629. The van der Waals surface area contributed by atoms with Crippen LogP contribution in [0.5, 0.6) is 0 Å². The van der Waals surface area contributed by atoms with Gasteiger partial charge in [-0.25, -0.2) is 4.79 Å². The number of hydrogen-bond acceptors (Lipinski definition) is 3. The molecule has 4 nitrogen and oxygen atoms in total. The first kappa shape index (κ1) is 16.7. The molecule has 0 bridgehead atoms. The van der Waals surface area contributed by atoms with Crippen molar-refractivity contribution in [3.05, 3.63) is 65.2 Å². The maximum Gasteiger partial charge on any atom is 0.337 e. The first-order valence-corrected chi connectivity index (χ1v) is 7.72. The van der Waals surface area contributed by atoms with Gasteiger partial charge in [0.15, 0.2) is 0 Å². The highest BCUT2D eigenvalue weighted by Gasteiger charge is 2.09. The molecular formula is C19H21NO3. The van der Waals surface area contributed by atoms with Crippen LogP contribution >= 0.6 is 0 Å². The van der Waals surface area contributed by atoms with E-state index >= 15 is 0 Å². The Hall–Kier alpha value is -2.62. The first-order valence-electron chi connectivity index (χ1n) is 7.72. The third-order valence-electron chi connectivity index (χ3n) is 3.58. The molecule has 2 aromatic carbocycles. The van der Waals surface area contributed by atoms with Gasteiger partial charge in [0, 0.05) is 11.3 Å². The molecule has 2 aromatic rings. The lowest BCUT2D eigenvalue weighted by atomic mass is 10.1. The lowest BCUT2D eigenvalue weighted by Gasteiger charge is -2.07. The maximum atomic E-state index is 12.3. The molecule has 1 N–H and O–H groups in total. The number of ether oxygens (including phenoxy) is 1. The third-order valence-corrected chi connectivity index (χ3v) is 3.58. The average molecular weight is 311 g/mol. The number of carbonyl (C=O) groups excluding carboxylic acids is 2. The SMILES string of the molecule is CCCCc1ccc(C(=O)Nc2cccc(C(=O)OC)c2)cc1. The van der Waals surface area contributed by atoms with E-state index in [1.54, 1.807) is 24.3 Å². The molecule has 0 radical (unpaired) electrons. The number of anilines is 1. The van der Waals surface area contributed by atoms with Crippen molar-refractivity contribution in [1.29, 1.82) is 0 Å². The Morgan fingerprint density at radius 1 is 1.04 bits per heavy atom. The van der Waals surface area contributed by atoms with Crippen molar-refractivity contribution in [2.75, 3.05) is 12.4 Å². The molecule has 4 heteroatoms. The number of unbranched alkanes of at least 4 members (excludes halogenated alkanes) is 1. The number of carbonyl (C=O) groups is 2. The van der Waals surface area contributed by atoms with E-state index in [0.29, 0.717) is 16.8 Å². The smallest absolute Gasteiger partial charge is 0.337 e. The van der Waals surface area contributed by atoms with Gasteiger partial charge in [0.2, 0.25) is 0 Å². The fraction of sp³-hybridized carbons (Fsp3) is 0.263. The van der Waals surface area contributed by atoms with Crippen molar-refractivity contribution in [3.8, 4) is 0 Å². The molecule has 1 amide bonds. The predicted octanol–water partition coefficient (Wildman–Crippen LogP) is 4.07. The molecular weight excluding hydrogens is 290 g/mol. The van der Waals surface area contributed by atoms with Gasteiger partial charge in [-0.1, -0.05) is 31.5 Å². The Bertz CT molecular complexity index is 677. The number of benzene rings is 2.